The zero-order chi connectivity index (χ0) is 27.9. The molecule has 12 nitrogen and oxygen atoms in total. The maximum atomic E-state index is 10.3. The Morgan fingerprint density at radius 1 is 0.486 bits per heavy atom. The van der Waals surface area contributed by atoms with Crippen LogP contribution in [0.5, 0.6) is 0 Å². The molecule has 0 aromatic rings. The average Bonchev–Trinajstić information content (AvgIpc) is 2.81. The van der Waals surface area contributed by atoms with Crippen molar-refractivity contribution in [3.8, 4) is 0 Å². The molecule has 37 heavy (non-hydrogen) atoms. The second-order valence-corrected chi connectivity index (χ2v) is 8.52. The number of aliphatic carboxylic acids is 2. The molecule has 0 aliphatic heterocycles. The van der Waals surface area contributed by atoms with E-state index in [2.05, 4.69) is 0 Å². The normalized spacial score (nSPS) is 15.8. The van der Waals surface area contributed by atoms with E-state index in [1.165, 1.54) is 0 Å². The fourth-order valence-corrected chi connectivity index (χ4v) is 2.38. The van der Waals surface area contributed by atoms with E-state index in [1.807, 2.05) is 27.7 Å². The maximum Gasteiger partial charge on any atom is 0.329 e. The molecular weight excluding hydrogens is 546 g/mol. The third-order valence-corrected chi connectivity index (χ3v) is 4.25. The van der Waals surface area contributed by atoms with E-state index in [1.54, 1.807) is 28.1 Å². The summed E-state index contributed by atoms with van der Waals surface area (Å²) < 4.78 is 41.9. The second kappa shape index (κ2) is 26.8. The molecule has 0 radical (unpaired) electrons. The number of rotatable bonds is 22. The van der Waals surface area contributed by atoms with Crippen LogP contribution in [0, 0.1) is 0 Å². The van der Waals surface area contributed by atoms with Gasteiger partial charge in [0.15, 0.2) is 0 Å². The molecule has 13 heteroatoms. The van der Waals surface area contributed by atoms with Crippen LogP contribution in [0.25, 0.3) is 0 Å². The Balaban J connectivity index is -0.000000608. The van der Waals surface area contributed by atoms with E-state index < -0.39 is 11.9 Å². The van der Waals surface area contributed by atoms with Gasteiger partial charge in [-0.3, -0.25) is 0 Å². The van der Waals surface area contributed by atoms with Crippen LogP contribution in [0.15, 0.2) is 0 Å². The fraction of sp³-hybridized carbons (Fsp3) is 0.917. The molecule has 0 saturated carbocycles. The van der Waals surface area contributed by atoms with Crippen molar-refractivity contribution in [2.24, 2.45) is 0 Å². The maximum absolute atomic E-state index is 10.3. The topological polar surface area (TPSA) is 148 Å². The predicted molar refractivity (Wildman–Crippen MR) is 132 cm³/mol. The summed E-state index contributed by atoms with van der Waals surface area (Å²) in [6.45, 7) is 13.3. The number of carboxylic acid groups (broad SMARTS) is 2. The standard InChI is InChI=1S/2C12H24O6.Zn/c2*1-9(5-15-4)16-6-10(2)17-7-11(3)18-8-12(13)14;/h2*9-11H,5-8H2,1-4H3,(H,13,14);. The van der Waals surface area contributed by atoms with Gasteiger partial charge in [-0.2, -0.15) is 0 Å². The third kappa shape index (κ3) is 31.4. The zero-order valence-corrected chi connectivity index (χ0v) is 26.8. The Labute approximate surface area is 234 Å². The number of methoxy groups -OCH3 is 2. The van der Waals surface area contributed by atoms with Crippen molar-refractivity contribution in [2.75, 3.05) is 67.1 Å². The van der Waals surface area contributed by atoms with Crippen LogP contribution in [0.3, 0.4) is 0 Å². The third-order valence-electron chi connectivity index (χ3n) is 4.25. The molecule has 0 aliphatic rings. The molecular formula is C24H48O12Zn. The van der Waals surface area contributed by atoms with Crippen molar-refractivity contribution >= 4 is 11.9 Å². The Hall–Kier alpha value is -0.757. The largest absolute Gasteiger partial charge is 0.480 e. The molecule has 0 rings (SSSR count). The SMILES string of the molecule is COCC(C)OCC(C)OCC(C)OCC(=O)O.COCC(C)OCC(C)OCC(C)OCC(=O)O.[Zn]. The molecule has 0 spiro atoms. The summed E-state index contributed by atoms with van der Waals surface area (Å²) >= 11 is 0. The van der Waals surface area contributed by atoms with Crippen LogP contribution < -0.4 is 0 Å². The van der Waals surface area contributed by atoms with E-state index in [9.17, 15) is 9.59 Å². The van der Waals surface area contributed by atoms with Crippen molar-refractivity contribution in [3.05, 3.63) is 0 Å². The van der Waals surface area contributed by atoms with Crippen molar-refractivity contribution in [3.63, 3.8) is 0 Å². The van der Waals surface area contributed by atoms with Gasteiger partial charge in [-0.25, -0.2) is 9.59 Å². The van der Waals surface area contributed by atoms with Crippen LogP contribution in [-0.4, -0.2) is 126 Å². The monoisotopic (exact) mass is 592 g/mol. The second-order valence-electron chi connectivity index (χ2n) is 8.52. The van der Waals surface area contributed by atoms with Gasteiger partial charge in [-0.1, -0.05) is 0 Å². The van der Waals surface area contributed by atoms with Crippen LogP contribution in [0.4, 0.5) is 0 Å². The Morgan fingerprint density at radius 2 is 0.703 bits per heavy atom. The predicted octanol–water partition coefficient (Wildman–Crippen LogP) is 1.86. The van der Waals surface area contributed by atoms with Crippen LogP contribution in [0.2, 0.25) is 0 Å². The van der Waals surface area contributed by atoms with Gasteiger partial charge < -0.3 is 48.1 Å². The van der Waals surface area contributed by atoms with Gasteiger partial charge in [-0.15, -0.1) is 0 Å². The molecule has 0 aromatic heterocycles. The van der Waals surface area contributed by atoms with Crippen molar-refractivity contribution in [1.82, 2.24) is 0 Å². The van der Waals surface area contributed by atoms with Gasteiger partial charge in [-0.05, 0) is 41.5 Å². The average molecular weight is 594 g/mol. The number of hydrogen-bond donors (Lipinski definition) is 2. The van der Waals surface area contributed by atoms with Gasteiger partial charge in [0.1, 0.15) is 13.2 Å². The number of hydrogen-bond acceptors (Lipinski definition) is 10. The summed E-state index contributed by atoms with van der Waals surface area (Å²) in [6.07, 6.45) is -0.580. The number of ether oxygens (including phenoxy) is 8. The summed E-state index contributed by atoms with van der Waals surface area (Å²) in [5.41, 5.74) is 0. The van der Waals surface area contributed by atoms with Crippen molar-refractivity contribution in [1.29, 1.82) is 0 Å². The van der Waals surface area contributed by atoms with Gasteiger partial charge in [0, 0.05) is 33.7 Å². The molecule has 0 aromatic carbocycles. The molecule has 0 aliphatic carbocycles. The summed E-state index contributed by atoms with van der Waals surface area (Å²) in [6, 6.07) is 0. The van der Waals surface area contributed by atoms with E-state index in [-0.39, 0.29) is 69.3 Å². The van der Waals surface area contributed by atoms with Crippen molar-refractivity contribution < 1.29 is 77.2 Å². The molecule has 6 unspecified atom stereocenters. The summed E-state index contributed by atoms with van der Waals surface area (Å²) in [5.74, 6) is -1.96. The van der Waals surface area contributed by atoms with E-state index in [0.717, 1.165) is 0 Å². The first-order valence-corrected chi connectivity index (χ1v) is 12.0. The molecule has 0 heterocycles. The van der Waals surface area contributed by atoms with Gasteiger partial charge >= 0.3 is 11.9 Å². The molecule has 0 saturated heterocycles. The summed E-state index contributed by atoms with van der Waals surface area (Å²) in [4.78, 5) is 20.6. The van der Waals surface area contributed by atoms with Gasteiger partial charge in [0.25, 0.3) is 0 Å². The molecule has 0 bridgehead atoms. The first-order chi connectivity index (χ1) is 16.9. The first-order valence-electron chi connectivity index (χ1n) is 12.0. The molecule has 2 N–H and O–H groups in total. The van der Waals surface area contributed by atoms with E-state index in [4.69, 9.17) is 48.1 Å². The van der Waals surface area contributed by atoms with Crippen LogP contribution in [0.1, 0.15) is 41.5 Å². The minimum Gasteiger partial charge on any atom is -0.480 e. The minimum atomic E-state index is -0.980. The quantitative estimate of drug-likeness (QED) is 0.176. The zero-order valence-electron chi connectivity index (χ0n) is 23.8. The van der Waals surface area contributed by atoms with E-state index in [0.29, 0.717) is 39.6 Å². The molecule has 218 valence electrons. The molecule has 6 atom stereocenters. The summed E-state index contributed by atoms with van der Waals surface area (Å²) in [5, 5.41) is 16.9. The Bertz CT molecular complexity index is 494. The first kappa shape index (κ1) is 40.7. The molecule has 0 fully saturated rings. The number of carbonyl (C=O) groups is 2. The molecule has 0 amide bonds. The van der Waals surface area contributed by atoms with E-state index >= 15 is 0 Å². The minimum absolute atomic E-state index is 0. The van der Waals surface area contributed by atoms with Crippen LogP contribution in [-0.2, 0) is 67.0 Å². The summed E-state index contributed by atoms with van der Waals surface area (Å²) in [7, 11) is 3.25. The fourth-order valence-electron chi connectivity index (χ4n) is 2.38. The van der Waals surface area contributed by atoms with Gasteiger partial charge in [0.2, 0.25) is 0 Å². The van der Waals surface area contributed by atoms with Gasteiger partial charge in [0.05, 0.1) is 76.3 Å². The Kier molecular flexibility index (Phi) is 29.5. The number of carboxylic acids is 2. The smallest absolute Gasteiger partial charge is 0.329 e. The van der Waals surface area contributed by atoms with Crippen molar-refractivity contribution in [2.45, 2.75) is 78.2 Å². The van der Waals surface area contributed by atoms with Crippen LogP contribution >= 0.6 is 0 Å². The Morgan fingerprint density at radius 3 is 0.919 bits per heavy atom.